The standard InChI is InChI=1S/C121H82N8/c1-119(2)98-34-16-7-25-80(98)83-52-49-77(67-101(83)119)124-104-37-19-10-28-86(104)92-61-71(43-55-110(92)124)74-46-58-113-95(64-74)89-31-13-22-40-107(89)127(113)116-70-117(128-108-41-23-14-32-90(108)96-65-75(47-59-114(96)128)72-44-56-111-93(62-72)87-29-11-20-38-105(87)125(111)78-50-53-84-81-26-8-17-35-99(81)120(3,4)102(84)68-78)123-118(122-116)129-109-42-24-15-33-91(109)97-66-76(48-60-115(97)129)73-45-57-112-94(63-73)88-30-12-21-39-106(88)126(112)79-51-54-85-82-27-9-18-36-100(82)121(5,6)103(85)69-79/h7-70H,1-6H3. The van der Waals surface area contributed by atoms with E-state index in [2.05, 4.69) is 457 Å². The normalized spacial score (nSPS) is 14.0. The van der Waals surface area contributed by atoms with Crippen molar-refractivity contribution in [2.24, 2.45) is 0 Å². The molecule has 0 bridgehead atoms. The van der Waals surface area contributed by atoms with Gasteiger partial charge in [0, 0.05) is 104 Å². The molecule has 7 heterocycles. The molecule has 0 saturated carbocycles. The van der Waals surface area contributed by atoms with Crippen LogP contribution in [0.1, 0.15) is 74.9 Å². The van der Waals surface area contributed by atoms with Crippen molar-refractivity contribution in [3.8, 4) is 101 Å². The quantitative estimate of drug-likeness (QED) is 0.145. The zero-order valence-corrected chi connectivity index (χ0v) is 72.0. The van der Waals surface area contributed by atoms with E-state index in [0.717, 1.165) is 116 Å². The van der Waals surface area contributed by atoms with E-state index in [1.54, 1.807) is 0 Å². The average Bonchev–Trinajstić information content (AvgIpc) is 1.55. The Kier molecular flexibility index (Phi) is 14.6. The maximum absolute atomic E-state index is 5.95. The Morgan fingerprint density at radius 1 is 0.163 bits per heavy atom. The van der Waals surface area contributed by atoms with Gasteiger partial charge in [-0.1, -0.05) is 278 Å². The predicted molar refractivity (Wildman–Crippen MR) is 537 cm³/mol. The lowest BCUT2D eigenvalue weighted by atomic mass is 9.82. The SMILES string of the molecule is CC1(C)c2ccccc2-c2ccc(-n3c4ccccc4c4cc(-c5ccc6c(c5)c5ccccc5n6-c5cc(-n6c7ccccc7c7cc(-c8ccc9c(c8)c8ccccc8n9-c8ccc9c(c8)C(C)(C)c8ccccc8-9)ccc76)nc(-n6c7ccccc7c7cc(-c8ccc9c(c8)c8ccccc8n9-c8ccc9c(c8)C(C)(C)c8ccccc8-9)ccc76)n5)ccc43)cc21. The maximum atomic E-state index is 5.95. The van der Waals surface area contributed by atoms with E-state index in [0.29, 0.717) is 5.95 Å². The number of rotatable bonds is 9. The minimum Gasteiger partial charge on any atom is -0.309 e. The zero-order valence-electron chi connectivity index (χ0n) is 72.0. The topological polar surface area (TPSA) is 55.4 Å². The molecular weight excluding hydrogens is 1570 g/mol. The second-order valence-electron chi connectivity index (χ2n) is 37.6. The van der Waals surface area contributed by atoms with E-state index in [1.165, 1.54) is 144 Å². The van der Waals surface area contributed by atoms with Gasteiger partial charge < -0.3 is 13.7 Å². The highest BCUT2D eigenvalue weighted by Crippen LogP contribution is 2.55. The highest BCUT2D eigenvalue weighted by molar-refractivity contribution is 6.17. The van der Waals surface area contributed by atoms with Crippen LogP contribution in [0.5, 0.6) is 0 Å². The molecule has 0 N–H and O–H groups in total. The molecule has 0 amide bonds. The summed E-state index contributed by atoms with van der Waals surface area (Å²) in [5.74, 6) is 2.05. The zero-order chi connectivity index (χ0) is 85.3. The molecule has 0 saturated heterocycles. The van der Waals surface area contributed by atoms with Crippen LogP contribution in [0.25, 0.3) is 232 Å². The van der Waals surface area contributed by atoms with Crippen molar-refractivity contribution < 1.29 is 0 Å². The van der Waals surface area contributed by atoms with Crippen LogP contribution < -0.4 is 0 Å². The Bertz CT molecular complexity index is 8450. The summed E-state index contributed by atoms with van der Waals surface area (Å²) in [6.07, 6.45) is 0. The van der Waals surface area contributed by atoms with Crippen molar-refractivity contribution in [2.45, 2.75) is 57.8 Å². The maximum Gasteiger partial charge on any atom is 0.238 e. The van der Waals surface area contributed by atoms with Gasteiger partial charge in [0.1, 0.15) is 11.6 Å². The van der Waals surface area contributed by atoms with Crippen molar-refractivity contribution in [1.29, 1.82) is 0 Å². The summed E-state index contributed by atoms with van der Waals surface area (Å²) >= 11 is 0. The molecule has 0 spiro atoms. The van der Waals surface area contributed by atoms with E-state index in [4.69, 9.17) is 9.97 Å². The number of aromatic nitrogens is 8. The van der Waals surface area contributed by atoms with Crippen LogP contribution in [0.4, 0.5) is 0 Å². The highest BCUT2D eigenvalue weighted by Gasteiger charge is 2.39. The first kappa shape index (κ1) is 72.2. The minimum absolute atomic E-state index is 0.131. The molecular formula is C121H82N8. The van der Waals surface area contributed by atoms with Gasteiger partial charge in [-0.05, 0) is 246 Å². The van der Waals surface area contributed by atoms with Crippen molar-refractivity contribution in [2.75, 3.05) is 0 Å². The Hall–Kier alpha value is -16.2. The van der Waals surface area contributed by atoms with Crippen molar-refractivity contribution >= 4 is 131 Å². The molecule has 0 aliphatic heterocycles. The largest absolute Gasteiger partial charge is 0.309 e. The summed E-state index contributed by atoms with van der Waals surface area (Å²) in [5, 5.41) is 14.0. The number of para-hydroxylation sites is 6. The minimum atomic E-state index is -0.132. The fraction of sp³-hybridized carbons (Fsp3) is 0.0744. The van der Waals surface area contributed by atoms with Gasteiger partial charge in [-0.25, -0.2) is 0 Å². The lowest BCUT2D eigenvalue weighted by molar-refractivity contribution is 0.660. The van der Waals surface area contributed by atoms with E-state index in [9.17, 15) is 0 Å². The fourth-order valence-electron chi connectivity index (χ4n) is 23.7. The first-order valence-electron chi connectivity index (χ1n) is 45.1. The Labute approximate surface area is 744 Å². The van der Waals surface area contributed by atoms with Gasteiger partial charge in [0.15, 0.2) is 0 Å². The molecule has 0 radical (unpaired) electrons. The summed E-state index contributed by atoms with van der Waals surface area (Å²) < 4.78 is 14.5. The first-order valence-corrected chi connectivity index (χ1v) is 45.1. The van der Waals surface area contributed by atoms with Crippen LogP contribution in [-0.2, 0) is 16.2 Å². The molecule has 0 fully saturated rings. The van der Waals surface area contributed by atoms with Gasteiger partial charge in [0.05, 0.1) is 66.2 Å². The Morgan fingerprint density at radius 2 is 0.372 bits per heavy atom. The van der Waals surface area contributed by atoms with Crippen LogP contribution in [-0.4, -0.2) is 37.4 Å². The molecule has 25 aromatic rings. The van der Waals surface area contributed by atoms with Gasteiger partial charge >= 0.3 is 0 Å². The number of fused-ring (bicyclic) bond motifs is 27. The summed E-state index contributed by atoms with van der Waals surface area (Å²) in [6.45, 7) is 14.2. The van der Waals surface area contributed by atoms with Crippen LogP contribution >= 0.6 is 0 Å². The Morgan fingerprint density at radius 3 is 0.651 bits per heavy atom. The van der Waals surface area contributed by atoms with Crippen LogP contribution in [0.15, 0.2) is 388 Å². The molecule has 28 rings (SSSR count). The summed E-state index contributed by atoms with van der Waals surface area (Å²) in [7, 11) is 0. The first-order chi connectivity index (χ1) is 63.2. The number of hydrogen-bond donors (Lipinski definition) is 0. The fourth-order valence-corrected chi connectivity index (χ4v) is 23.7. The van der Waals surface area contributed by atoms with Gasteiger partial charge in [0.25, 0.3) is 0 Å². The van der Waals surface area contributed by atoms with E-state index in [1.807, 2.05) is 0 Å². The molecule has 0 unspecified atom stereocenters. The van der Waals surface area contributed by atoms with Gasteiger partial charge in [0.2, 0.25) is 5.95 Å². The molecule has 0 atom stereocenters. The number of hydrogen-bond acceptors (Lipinski definition) is 2. The summed E-state index contributed by atoms with van der Waals surface area (Å²) in [5.41, 5.74) is 39.3. The van der Waals surface area contributed by atoms with Crippen molar-refractivity contribution in [3.05, 3.63) is 422 Å². The highest BCUT2D eigenvalue weighted by atomic mass is 15.2. The molecule has 3 aliphatic rings. The molecule has 8 nitrogen and oxygen atoms in total. The third-order valence-corrected chi connectivity index (χ3v) is 29.9. The van der Waals surface area contributed by atoms with Gasteiger partial charge in [-0.2, -0.15) is 9.97 Å². The van der Waals surface area contributed by atoms with Gasteiger partial charge in [-0.15, -0.1) is 0 Å². The predicted octanol–water partition coefficient (Wildman–Crippen LogP) is 31.0. The molecule has 7 aromatic heterocycles. The number of benzene rings is 18. The van der Waals surface area contributed by atoms with Crippen molar-refractivity contribution in [1.82, 2.24) is 37.4 Å². The third kappa shape index (κ3) is 9.97. The number of nitrogens with zero attached hydrogens (tertiary/aromatic N) is 8. The second-order valence-corrected chi connectivity index (χ2v) is 37.6. The van der Waals surface area contributed by atoms with E-state index >= 15 is 0 Å². The lowest BCUT2D eigenvalue weighted by Crippen LogP contribution is -2.15. The molecule has 129 heavy (non-hydrogen) atoms. The summed E-state index contributed by atoms with van der Waals surface area (Å²) in [4.78, 5) is 11.9. The molecule has 8 heteroatoms. The van der Waals surface area contributed by atoms with E-state index in [-0.39, 0.29) is 16.2 Å². The smallest absolute Gasteiger partial charge is 0.238 e. The molecule has 3 aliphatic carbocycles. The van der Waals surface area contributed by atoms with Crippen LogP contribution in [0.3, 0.4) is 0 Å². The average molecular weight is 1650 g/mol. The lowest BCUT2D eigenvalue weighted by Gasteiger charge is -2.22. The van der Waals surface area contributed by atoms with Crippen molar-refractivity contribution in [3.63, 3.8) is 0 Å². The summed E-state index contributed by atoms with van der Waals surface area (Å²) in [6, 6.07) is 146. The molecule has 606 valence electrons. The van der Waals surface area contributed by atoms with Gasteiger partial charge in [-0.3, -0.25) is 13.7 Å². The Balaban J connectivity index is 0.608. The van der Waals surface area contributed by atoms with Crippen LogP contribution in [0.2, 0.25) is 0 Å². The van der Waals surface area contributed by atoms with E-state index < -0.39 is 0 Å². The monoisotopic (exact) mass is 1650 g/mol. The molecule has 18 aromatic carbocycles. The van der Waals surface area contributed by atoms with Crippen LogP contribution in [0, 0.1) is 0 Å². The second kappa shape index (κ2) is 26.0. The third-order valence-electron chi connectivity index (χ3n) is 29.9.